The van der Waals surface area contributed by atoms with Crippen molar-refractivity contribution in [1.82, 2.24) is 4.90 Å². The van der Waals surface area contributed by atoms with Crippen LogP contribution in [0.15, 0.2) is 72.8 Å². The van der Waals surface area contributed by atoms with E-state index in [0.29, 0.717) is 24.2 Å². The SMILES string of the molecule is Cc1cccc(NC(=O)c2cccc(C(=O)N3CCc4ccccc4C3)c2)c1. The van der Waals surface area contributed by atoms with Gasteiger partial charge < -0.3 is 10.2 Å². The van der Waals surface area contributed by atoms with Crippen molar-refractivity contribution in [3.63, 3.8) is 0 Å². The molecule has 1 aliphatic heterocycles. The van der Waals surface area contributed by atoms with Crippen molar-refractivity contribution in [3.05, 3.63) is 101 Å². The Morgan fingerprint density at radius 2 is 1.61 bits per heavy atom. The number of anilines is 1. The third kappa shape index (κ3) is 3.81. The number of nitrogens with zero attached hydrogens (tertiary/aromatic N) is 1. The van der Waals surface area contributed by atoms with Crippen molar-refractivity contribution >= 4 is 17.5 Å². The molecule has 4 rings (SSSR count). The number of carbonyl (C=O) groups excluding carboxylic acids is 2. The van der Waals surface area contributed by atoms with Crippen molar-refractivity contribution in [2.45, 2.75) is 19.9 Å². The molecule has 4 heteroatoms. The van der Waals surface area contributed by atoms with Crippen LogP contribution in [0.1, 0.15) is 37.4 Å². The second-order valence-electron chi connectivity index (χ2n) is 7.15. The van der Waals surface area contributed by atoms with Gasteiger partial charge in [0.15, 0.2) is 0 Å². The average molecular weight is 370 g/mol. The van der Waals surface area contributed by atoms with Crippen molar-refractivity contribution in [3.8, 4) is 0 Å². The van der Waals surface area contributed by atoms with Crippen molar-refractivity contribution in [2.24, 2.45) is 0 Å². The Morgan fingerprint density at radius 3 is 2.43 bits per heavy atom. The minimum Gasteiger partial charge on any atom is -0.334 e. The Morgan fingerprint density at radius 1 is 0.857 bits per heavy atom. The zero-order valence-corrected chi connectivity index (χ0v) is 15.8. The van der Waals surface area contributed by atoms with Crippen molar-refractivity contribution in [2.75, 3.05) is 11.9 Å². The first-order chi connectivity index (χ1) is 13.6. The van der Waals surface area contributed by atoms with Gasteiger partial charge in [-0.2, -0.15) is 0 Å². The highest BCUT2D eigenvalue weighted by atomic mass is 16.2. The molecule has 1 N–H and O–H groups in total. The van der Waals surface area contributed by atoms with Crippen LogP contribution in [0.2, 0.25) is 0 Å². The largest absolute Gasteiger partial charge is 0.334 e. The Hall–Kier alpha value is -3.40. The molecule has 0 saturated carbocycles. The van der Waals surface area contributed by atoms with Crippen LogP contribution in [0.4, 0.5) is 5.69 Å². The lowest BCUT2D eigenvalue weighted by Gasteiger charge is -2.29. The lowest BCUT2D eigenvalue weighted by molar-refractivity contribution is 0.0734. The number of rotatable bonds is 3. The molecule has 28 heavy (non-hydrogen) atoms. The summed E-state index contributed by atoms with van der Waals surface area (Å²) in [5, 5.41) is 2.89. The van der Waals surface area contributed by atoms with Gasteiger partial charge in [0.25, 0.3) is 11.8 Å². The summed E-state index contributed by atoms with van der Waals surface area (Å²) in [7, 11) is 0. The van der Waals surface area contributed by atoms with Gasteiger partial charge in [0.05, 0.1) is 0 Å². The van der Waals surface area contributed by atoms with Gasteiger partial charge in [-0.3, -0.25) is 9.59 Å². The molecule has 0 aromatic heterocycles. The van der Waals surface area contributed by atoms with E-state index in [9.17, 15) is 9.59 Å². The van der Waals surface area contributed by atoms with Gasteiger partial charge in [0.2, 0.25) is 0 Å². The van der Waals surface area contributed by atoms with Gasteiger partial charge in [-0.1, -0.05) is 42.5 Å². The molecule has 4 nitrogen and oxygen atoms in total. The van der Waals surface area contributed by atoms with E-state index in [0.717, 1.165) is 17.7 Å². The lowest BCUT2D eigenvalue weighted by atomic mass is 9.99. The Labute approximate surface area is 164 Å². The van der Waals surface area contributed by atoms with E-state index in [1.54, 1.807) is 24.3 Å². The van der Waals surface area contributed by atoms with Crippen LogP contribution < -0.4 is 5.32 Å². The Kier molecular flexibility index (Phi) is 4.94. The Balaban J connectivity index is 1.50. The number of nitrogens with one attached hydrogen (secondary N) is 1. The number of amides is 2. The summed E-state index contributed by atoms with van der Waals surface area (Å²) in [6, 6.07) is 22.8. The lowest BCUT2D eigenvalue weighted by Crippen LogP contribution is -2.36. The third-order valence-electron chi connectivity index (χ3n) is 5.07. The van der Waals surface area contributed by atoms with Crippen molar-refractivity contribution < 1.29 is 9.59 Å². The standard InChI is InChI=1S/C24H22N2O2/c1-17-6-4-11-22(14-17)25-23(27)19-9-5-10-20(15-19)24(28)26-13-12-18-7-2-3-8-21(18)16-26/h2-11,14-15H,12-13,16H2,1H3,(H,25,27). The zero-order valence-electron chi connectivity index (χ0n) is 15.8. The summed E-state index contributed by atoms with van der Waals surface area (Å²) in [6.07, 6.45) is 0.857. The first-order valence-electron chi connectivity index (χ1n) is 9.44. The van der Waals surface area contributed by atoms with Gasteiger partial charge in [-0.05, 0) is 60.4 Å². The molecule has 2 amide bonds. The topological polar surface area (TPSA) is 49.4 Å². The second kappa shape index (κ2) is 7.69. The zero-order chi connectivity index (χ0) is 19.5. The summed E-state index contributed by atoms with van der Waals surface area (Å²) in [6.45, 7) is 3.27. The molecule has 1 aliphatic rings. The molecule has 3 aromatic carbocycles. The van der Waals surface area contributed by atoms with E-state index in [1.165, 1.54) is 11.1 Å². The predicted octanol–water partition coefficient (Wildman–Crippen LogP) is 4.45. The molecule has 0 radical (unpaired) electrons. The summed E-state index contributed by atoms with van der Waals surface area (Å²) in [5.41, 5.74) is 5.33. The maximum Gasteiger partial charge on any atom is 0.255 e. The number of hydrogen-bond donors (Lipinski definition) is 1. The maximum absolute atomic E-state index is 13.0. The summed E-state index contributed by atoms with van der Waals surface area (Å²) < 4.78 is 0. The van der Waals surface area contributed by atoms with Gasteiger partial charge >= 0.3 is 0 Å². The van der Waals surface area contributed by atoms with Gasteiger partial charge in [-0.15, -0.1) is 0 Å². The molecule has 0 aliphatic carbocycles. The van der Waals surface area contributed by atoms with Crippen LogP contribution in [0.25, 0.3) is 0 Å². The number of aryl methyl sites for hydroxylation is 1. The predicted molar refractivity (Wildman–Crippen MR) is 110 cm³/mol. The minimum absolute atomic E-state index is 0.0419. The molecule has 0 unspecified atom stereocenters. The fraction of sp³-hybridized carbons (Fsp3) is 0.167. The molecule has 0 fully saturated rings. The Bertz CT molecular complexity index is 1040. The van der Waals surface area contributed by atoms with E-state index in [-0.39, 0.29) is 11.8 Å². The molecule has 3 aromatic rings. The molecule has 0 spiro atoms. The van der Waals surface area contributed by atoms with E-state index in [2.05, 4.69) is 17.4 Å². The smallest absolute Gasteiger partial charge is 0.255 e. The third-order valence-corrected chi connectivity index (χ3v) is 5.07. The molecular weight excluding hydrogens is 348 g/mol. The molecule has 0 atom stereocenters. The second-order valence-corrected chi connectivity index (χ2v) is 7.15. The normalized spacial score (nSPS) is 13.0. The van der Waals surface area contributed by atoms with E-state index in [1.807, 2.05) is 48.2 Å². The van der Waals surface area contributed by atoms with Gasteiger partial charge in [0.1, 0.15) is 0 Å². The van der Waals surface area contributed by atoms with Gasteiger partial charge in [0, 0.05) is 29.9 Å². The number of fused-ring (bicyclic) bond motifs is 1. The molecule has 0 bridgehead atoms. The van der Waals surface area contributed by atoms with Crippen LogP contribution in [-0.2, 0) is 13.0 Å². The molecule has 1 heterocycles. The minimum atomic E-state index is -0.218. The van der Waals surface area contributed by atoms with Crippen LogP contribution in [0.5, 0.6) is 0 Å². The van der Waals surface area contributed by atoms with E-state index in [4.69, 9.17) is 0 Å². The summed E-state index contributed by atoms with van der Waals surface area (Å²) in [4.78, 5) is 27.4. The average Bonchev–Trinajstić information content (AvgIpc) is 2.73. The van der Waals surface area contributed by atoms with Crippen LogP contribution in [-0.4, -0.2) is 23.3 Å². The number of benzene rings is 3. The molecule has 140 valence electrons. The molecule has 0 saturated heterocycles. The van der Waals surface area contributed by atoms with Crippen molar-refractivity contribution in [1.29, 1.82) is 0 Å². The molecular formula is C24H22N2O2. The summed E-state index contributed by atoms with van der Waals surface area (Å²) in [5.74, 6) is -0.260. The van der Waals surface area contributed by atoms with Crippen LogP contribution in [0, 0.1) is 6.92 Å². The first-order valence-corrected chi connectivity index (χ1v) is 9.44. The highest BCUT2D eigenvalue weighted by Crippen LogP contribution is 2.21. The first kappa shape index (κ1) is 18.0. The monoisotopic (exact) mass is 370 g/mol. The fourth-order valence-electron chi connectivity index (χ4n) is 3.57. The number of hydrogen-bond acceptors (Lipinski definition) is 2. The number of carbonyl (C=O) groups is 2. The fourth-order valence-corrected chi connectivity index (χ4v) is 3.57. The van der Waals surface area contributed by atoms with E-state index < -0.39 is 0 Å². The maximum atomic E-state index is 13.0. The quantitative estimate of drug-likeness (QED) is 0.741. The van der Waals surface area contributed by atoms with Gasteiger partial charge in [-0.25, -0.2) is 0 Å². The van der Waals surface area contributed by atoms with E-state index >= 15 is 0 Å². The van der Waals surface area contributed by atoms with Crippen LogP contribution in [0.3, 0.4) is 0 Å². The highest BCUT2D eigenvalue weighted by Gasteiger charge is 2.22. The summed E-state index contributed by atoms with van der Waals surface area (Å²) >= 11 is 0. The highest BCUT2D eigenvalue weighted by molar-refractivity contribution is 6.06. The van der Waals surface area contributed by atoms with Crippen LogP contribution >= 0.6 is 0 Å².